The standard InChI is InChI=1S/C16H23BrO2/c1-10-6-11(2)8-12(7-10)16(18)14-5-4-13(17)9-15(14)19-3/h4-5,9-12,16,18H,6-8H2,1-3H3. The molecule has 0 radical (unpaired) electrons. The molecule has 0 heterocycles. The van der Waals surface area contributed by atoms with Gasteiger partial charge in [0.25, 0.3) is 0 Å². The maximum absolute atomic E-state index is 10.7. The van der Waals surface area contributed by atoms with Crippen LogP contribution in [0.3, 0.4) is 0 Å². The fraction of sp³-hybridized carbons (Fsp3) is 0.625. The number of methoxy groups -OCH3 is 1. The number of aliphatic hydroxyl groups excluding tert-OH is 1. The second-order valence-corrected chi connectivity index (χ2v) is 6.92. The van der Waals surface area contributed by atoms with Gasteiger partial charge in [-0.25, -0.2) is 0 Å². The molecule has 3 unspecified atom stereocenters. The van der Waals surface area contributed by atoms with E-state index < -0.39 is 6.10 Å². The first-order valence-electron chi connectivity index (χ1n) is 7.02. The molecule has 1 saturated carbocycles. The van der Waals surface area contributed by atoms with Gasteiger partial charge >= 0.3 is 0 Å². The van der Waals surface area contributed by atoms with Gasteiger partial charge in [-0.15, -0.1) is 0 Å². The largest absolute Gasteiger partial charge is 0.496 e. The molecule has 0 aromatic heterocycles. The molecule has 0 aliphatic heterocycles. The SMILES string of the molecule is COc1cc(Br)ccc1C(O)C1CC(C)CC(C)C1. The minimum atomic E-state index is -0.423. The molecule has 2 rings (SSSR count). The monoisotopic (exact) mass is 326 g/mol. The molecule has 1 N–H and O–H groups in total. The zero-order chi connectivity index (χ0) is 14.0. The van der Waals surface area contributed by atoms with E-state index in [9.17, 15) is 5.11 Å². The van der Waals surface area contributed by atoms with Gasteiger partial charge in [0.1, 0.15) is 5.75 Å². The Kier molecular flexibility index (Phi) is 4.91. The first-order valence-corrected chi connectivity index (χ1v) is 7.82. The maximum Gasteiger partial charge on any atom is 0.125 e. The number of benzene rings is 1. The summed E-state index contributed by atoms with van der Waals surface area (Å²) in [4.78, 5) is 0. The number of rotatable bonds is 3. The van der Waals surface area contributed by atoms with Gasteiger partial charge in [-0.3, -0.25) is 0 Å². The molecular formula is C16H23BrO2. The molecule has 1 fully saturated rings. The van der Waals surface area contributed by atoms with Crippen LogP contribution in [0.4, 0.5) is 0 Å². The lowest BCUT2D eigenvalue weighted by atomic mass is 9.73. The van der Waals surface area contributed by atoms with Gasteiger partial charge in [0.15, 0.2) is 0 Å². The molecule has 1 aliphatic rings. The Labute approximate surface area is 124 Å². The van der Waals surface area contributed by atoms with Crippen molar-refractivity contribution in [2.24, 2.45) is 17.8 Å². The highest BCUT2D eigenvalue weighted by atomic mass is 79.9. The topological polar surface area (TPSA) is 29.5 Å². The van der Waals surface area contributed by atoms with Crippen molar-refractivity contribution in [2.75, 3.05) is 7.11 Å². The molecule has 19 heavy (non-hydrogen) atoms. The number of ether oxygens (including phenoxy) is 1. The number of hydrogen-bond acceptors (Lipinski definition) is 2. The molecular weight excluding hydrogens is 304 g/mol. The van der Waals surface area contributed by atoms with E-state index in [0.29, 0.717) is 17.8 Å². The van der Waals surface area contributed by atoms with E-state index in [4.69, 9.17) is 4.74 Å². The average molecular weight is 327 g/mol. The van der Waals surface area contributed by atoms with Crippen molar-refractivity contribution in [1.29, 1.82) is 0 Å². The van der Waals surface area contributed by atoms with E-state index >= 15 is 0 Å². The fourth-order valence-electron chi connectivity index (χ4n) is 3.45. The normalized spacial score (nSPS) is 29.0. The van der Waals surface area contributed by atoms with Gasteiger partial charge in [0.05, 0.1) is 13.2 Å². The Morgan fingerprint density at radius 1 is 1.21 bits per heavy atom. The van der Waals surface area contributed by atoms with E-state index in [-0.39, 0.29) is 0 Å². The van der Waals surface area contributed by atoms with Gasteiger partial charge in [-0.1, -0.05) is 35.8 Å². The van der Waals surface area contributed by atoms with E-state index in [1.807, 2.05) is 18.2 Å². The molecule has 0 spiro atoms. The molecule has 2 nitrogen and oxygen atoms in total. The molecule has 1 aromatic carbocycles. The lowest BCUT2D eigenvalue weighted by Gasteiger charge is -2.34. The molecule has 1 aliphatic carbocycles. The van der Waals surface area contributed by atoms with Crippen LogP contribution in [-0.4, -0.2) is 12.2 Å². The zero-order valence-corrected chi connectivity index (χ0v) is 13.5. The third-order valence-corrected chi connectivity index (χ3v) is 4.67. The average Bonchev–Trinajstić information content (AvgIpc) is 2.36. The van der Waals surface area contributed by atoms with E-state index in [1.165, 1.54) is 6.42 Å². The Balaban J connectivity index is 2.21. The molecule has 106 valence electrons. The molecule has 0 amide bonds. The van der Waals surface area contributed by atoms with Crippen molar-refractivity contribution in [3.05, 3.63) is 28.2 Å². The van der Waals surface area contributed by atoms with Gasteiger partial charge in [0.2, 0.25) is 0 Å². The summed E-state index contributed by atoms with van der Waals surface area (Å²) in [6.45, 7) is 4.57. The Morgan fingerprint density at radius 3 is 2.42 bits per heavy atom. The van der Waals surface area contributed by atoms with Gasteiger partial charge in [-0.2, -0.15) is 0 Å². The van der Waals surface area contributed by atoms with Crippen LogP contribution in [-0.2, 0) is 0 Å². The van der Waals surface area contributed by atoms with Crippen LogP contribution < -0.4 is 4.74 Å². The van der Waals surface area contributed by atoms with Crippen LogP contribution in [0.25, 0.3) is 0 Å². The van der Waals surface area contributed by atoms with Crippen molar-refractivity contribution >= 4 is 15.9 Å². The molecule has 3 atom stereocenters. The summed E-state index contributed by atoms with van der Waals surface area (Å²) in [7, 11) is 1.66. The van der Waals surface area contributed by atoms with E-state index in [2.05, 4.69) is 29.8 Å². The highest BCUT2D eigenvalue weighted by Crippen LogP contribution is 2.42. The molecule has 0 bridgehead atoms. The van der Waals surface area contributed by atoms with Crippen LogP contribution >= 0.6 is 15.9 Å². The minimum Gasteiger partial charge on any atom is -0.496 e. The smallest absolute Gasteiger partial charge is 0.125 e. The summed E-state index contributed by atoms with van der Waals surface area (Å²) >= 11 is 3.44. The second kappa shape index (κ2) is 6.27. The first kappa shape index (κ1) is 14.9. The van der Waals surface area contributed by atoms with E-state index in [1.54, 1.807) is 7.11 Å². The van der Waals surface area contributed by atoms with Crippen molar-refractivity contribution < 1.29 is 9.84 Å². The van der Waals surface area contributed by atoms with Crippen molar-refractivity contribution in [3.8, 4) is 5.75 Å². The first-order chi connectivity index (χ1) is 9.01. The lowest BCUT2D eigenvalue weighted by Crippen LogP contribution is -2.25. The Bertz CT molecular complexity index is 423. The second-order valence-electron chi connectivity index (χ2n) is 6.01. The van der Waals surface area contributed by atoms with Gasteiger partial charge < -0.3 is 9.84 Å². The van der Waals surface area contributed by atoms with Crippen molar-refractivity contribution in [1.82, 2.24) is 0 Å². The molecule has 0 saturated heterocycles. The summed E-state index contributed by atoms with van der Waals surface area (Å²) < 4.78 is 6.38. The summed E-state index contributed by atoms with van der Waals surface area (Å²) in [5.74, 6) is 2.51. The Morgan fingerprint density at radius 2 is 1.84 bits per heavy atom. The molecule has 3 heteroatoms. The van der Waals surface area contributed by atoms with Crippen LogP contribution in [0.15, 0.2) is 22.7 Å². The van der Waals surface area contributed by atoms with Gasteiger partial charge in [0, 0.05) is 10.0 Å². The highest BCUT2D eigenvalue weighted by Gasteiger charge is 2.31. The van der Waals surface area contributed by atoms with Crippen LogP contribution in [0, 0.1) is 17.8 Å². The van der Waals surface area contributed by atoms with Crippen LogP contribution in [0.5, 0.6) is 5.75 Å². The minimum absolute atomic E-state index is 0.342. The number of halogens is 1. The van der Waals surface area contributed by atoms with E-state index in [0.717, 1.165) is 28.6 Å². The third kappa shape index (κ3) is 3.51. The summed E-state index contributed by atoms with van der Waals surface area (Å²) in [5.41, 5.74) is 0.914. The quantitative estimate of drug-likeness (QED) is 0.882. The maximum atomic E-state index is 10.7. The summed E-state index contributed by atoms with van der Waals surface area (Å²) in [5, 5.41) is 10.7. The fourth-order valence-corrected chi connectivity index (χ4v) is 3.79. The predicted octanol–water partition coefficient (Wildman–Crippen LogP) is 4.56. The van der Waals surface area contributed by atoms with Crippen LogP contribution in [0.2, 0.25) is 0 Å². The van der Waals surface area contributed by atoms with Crippen molar-refractivity contribution in [3.63, 3.8) is 0 Å². The lowest BCUT2D eigenvalue weighted by molar-refractivity contribution is 0.0534. The molecule has 1 aromatic rings. The van der Waals surface area contributed by atoms with Crippen molar-refractivity contribution in [2.45, 2.75) is 39.2 Å². The zero-order valence-electron chi connectivity index (χ0n) is 11.9. The van der Waals surface area contributed by atoms with Gasteiger partial charge in [-0.05, 0) is 49.1 Å². The number of aliphatic hydroxyl groups is 1. The summed E-state index contributed by atoms with van der Waals surface area (Å²) in [6, 6.07) is 5.86. The summed E-state index contributed by atoms with van der Waals surface area (Å²) in [6.07, 6.45) is 3.06. The van der Waals surface area contributed by atoms with Crippen LogP contribution in [0.1, 0.15) is 44.8 Å². The Hall–Kier alpha value is -0.540. The predicted molar refractivity (Wildman–Crippen MR) is 81.3 cm³/mol. The number of hydrogen-bond donors (Lipinski definition) is 1. The third-order valence-electron chi connectivity index (χ3n) is 4.18. The highest BCUT2D eigenvalue weighted by molar-refractivity contribution is 9.10.